The van der Waals surface area contributed by atoms with Crippen molar-refractivity contribution < 1.29 is 9.90 Å². The van der Waals surface area contributed by atoms with E-state index in [2.05, 4.69) is 28.7 Å². The summed E-state index contributed by atoms with van der Waals surface area (Å²) in [6.45, 7) is 2.74. The molecule has 0 aliphatic heterocycles. The van der Waals surface area contributed by atoms with Gasteiger partial charge in [0.15, 0.2) is 0 Å². The molecular weight excluding hydrogens is 274 g/mol. The molecule has 0 spiro atoms. The van der Waals surface area contributed by atoms with Crippen molar-refractivity contribution in [2.75, 3.05) is 0 Å². The second-order valence-electron chi connectivity index (χ2n) is 4.48. The predicted octanol–water partition coefficient (Wildman–Crippen LogP) is 2.80. The largest absolute Gasteiger partial charge is 0.478 e. The van der Waals surface area contributed by atoms with Crippen LogP contribution in [0.25, 0.3) is 11.0 Å². The molecule has 0 atom stereocenters. The molecule has 5 nitrogen and oxygen atoms in total. The molecule has 20 heavy (non-hydrogen) atoms. The molecule has 6 heteroatoms. The fraction of sp³-hybridized carbons (Fsp3) is 0.214. The number of hydrogen-bond donors (Lipinski definition) is 1. The maximum atomic E-state index is 11.0. The van der Waals surface area contributed by atoms with Gasteiger partial charge >= 0.3 is 5.97 Å². The lowest BCUT2D eigenvalue weighted by molar-refractivity contribution is 0.0697. The van der Waals surface area contributed by atoms with E-state index in [1.807, 2.05) is 0 Å². The number of fused-ring (bicyclic) bond motifs is 1. The number of aromatic nitrogens is 3. The standard InChI is InChI=1S/C14H13N3O2S/c1-2-9-5-6-20-13(9)8-17-12-7-10(14(18)19)3-4-11(12)15-16-17/h3-7H,2,8H2,1H3,(H,18,19). The maximum absolute atomic E-state index is 11.0. The highest BCUT2D eigenvalue weighted by Crippen LogP contribution is 2.21. The van der Waals surface area contributed by atoms with Crippen LogP contribution in [0.4, 0.5) is 0 Å². The number of benzene rings is 1. The van der Waals surface area contributed by atoms with Crippen LogP contribution in [-0.4, -0.2) is 26.1 Å². The first-order valence-electron chi connectivity index (χ1n) is 6.31. The van der Waals surface area contributed by atoms with Crippen molar-refractivity contribution in [2.24, 2.45) is 0 Å². The van der Waals surface area contributed by atoms with Crippen molar-refractivity contribution in [3.05, 3.63) is 45.6 Å². The lowest BCUT2D eigenvalue weighted by Crippen LogP contribution is -2.03. The lowest BCUT2D eigenvalue weighted by Gasteiger charge is -2.03. The van der Waals surface area contributed by atoms with E-state index in [4.69, 9.17) is 5.11 Å². The smallest absolute Gasteiger partial charge is 0.335 e. The molecule has 0 saturated heterocycles. The molecule has 2 heterocycles. The Morgan fingerprint density at radius 3 is 3.00 bits per heavy atom. The average molecular weight is 287 g/mol. The zero-order chi connectivity index (χ0) is 14.1. The minimum Gasteiger partial charge on any atom is -0.478 e. The molecule has 0 radical (unpaired) electrons. The lowest BCUT2D eigenvalue weighted by atomic mass is 10.2. The minimum atomic E-state index is -0.940. The van der Waals surface area contributed by atoms with Crippen molar-refractivity contribution >= 4 is 28.3 Å². The normalized spacial score (nSPS) is 11.1. The topological polar surface area (TPSA) is 68.0 Å². The fourth-order valence-corrected chi connectivity index (χ4v) is 3.13. The van der Waals surface area contributed by atoms with E-state index in [1.165, 1.54) is 10.4 Å². The molecule has 0 bridgehead atoms. The number of rotatable bonds is 4. The van der Waals surface area contributed by atoms with Gasteiger partial charge in [-0.25, -0.2) is 9.48 Å². The Morgan fingerprint density at radius 2 is 2.25 bits per heavy atom. The Kier molecular flexibility index (Phi) is 3.23. The SMILES string of the molecule is CCc1ccsc1Cn1nnc2ccc(C(=O)O)cc21. The summed E-state index contributed by atoms with van der Waals surface area (Å²) in [6.07, 6.45) is 0.978. The van der Waals surface area contributed by atoms with Gasteiger partial charge in [-0.1, -0.05) is 12.1 Å². The predicted molar refractivity (Wildman–Crippen MR) is 77.3 cm³/mol. The van der Waals surface area contributed by atoms with E-state index in [0.717, 1.165) is 11.9 Å². The molecule has 0 unspecified atom stereocenters. The van der Waals surface area contributed by atoms with Gasteiger partial charge in [-0.15, -0.1) is 16.4 Å². The van der Waals surface area contributed by atoms with Gasteiger partial charge in [0.2, 0.25) is 0 Å². The van der Waals surface area contributed by atoms with Crippen LogP contribution in [0, 0.1) is 0 Å². The monoisotopic (exact) mass is 287 g/mol. The summed E-state index contributed by atoms with van der Waals surface area (Å²) in [5.74, 6) is -0.940. The summed E-state index contributed by atoms with van der Waals surface area (Å²) in [7, 11) is 0. The number of aryl methyl sites for hydroxylation is 1. The summed E-state index contributed by atoms with van der Waals surface area (Å²) < 4.78 is 1.76. The van der Waals surface area contributed by atoms with Crippen LogP contribution in [0.1, 0.15) is 27.7 Å². The van der Waals surface area contributed by atoms with E-state index in [1.54, 1.807) is 34.2 Å². The van der Waals surface area contributed by atoms with Crippen LogP contribution in [-0.2, 0) is 13.0 Å². The number of nitrogens with zero attached hydrogens (tertiary/aromatic N) is 3. The van der Waals surface area contributed by atoms with Crippen LogP contribution in [0.3, 0.4) is 0 Å². The highest BCUT2D eigenvalue weighted by atomic mass is 32.1. The molecule has 0 amide bonds. The average Bonchev–Trinajstić information content (AvgIpc) is 3.05. The number of carboxylic acid groups (broad SMARTS) is 1. The Balaban J connectivity index is 2.03. The Bertz CT molecular complexity index is 776. The van der Waals surface area contributed by atoms with Gasteiger partial charge in [0.05, 0.1) is 17.6 Å². The van der Waals surface area contributed by atoms with Crippen LogP contribution >= 0.6 is 11.3 Å². The summed E-state index contributed by atoms with van der Waals surface area (Å²) in [5.41, 5.74) is 3.01. The molecule has 0 aliphatic rings. The Labute approximate surface area is 119 Å². The molecule has 0 fully saturated rings. The van der Waals surface area contributed by atoms with Crippen LogP contribution in [0.15, 0.2) is 29.6 Å². The fourth-order valence-electron chi connectivity index (χ4n) is 2.17. The zero-order valence-corrected chi connectivity index (χ0v) is 11.7. The second-order valence-corrected chi connectivity index (χ2v) is 5.48. The minimum absolute atomic E-state index is 0.253. The number of hydrogen-bond acceptors (Lipinski definition) is 4. The molecule has 0 saturated carbocycles. The molecule has 3 aromatic rings. The van der Waals surface area contributed by atoms with Crippen LogP contribution < -0.4 is 0 Å². The zero-order valence-electron chi connectivity index (χ0n) is 10.9. The first-order valence-corrected chi connectivity index (χ1v) is 7.18. The van der Waals surface area contributed by atoms with Gasteiger partial charge in [-0.2, -0.15) is 0 Å². The van der Waals surface area contributed by atoms with E-state index in [-0.39, 0.29) is 5.56 Å². The molecule has 0 aliphatic carbocycles. The summed E-state index contributed by atoms with van der Waals surface area (Å²) in [5, 5.41) is 19.3. The Morgan fingerprint density at radius 1 is 1.40 bits per heavy atom. The van der Waals surface area contributed by atoms with Crippen molar-refractivity contribution in [2.45, 2.75) is 19.9 Å². The molecule has 102 valence electrons. The van der Waals surface area contributed by atoms with Crippen LogP contribution in [0.2, 0.25) is 0 Å². The van der Waals surface area contributed by atoms with Gasteiger partial charge in [0.25, 0.3) is 0 Å². The highest BCUT2D eigenvalue weighted by Gasteiger charge is 2.11. The number of carboxylic acids is 1. The van der Waals surface area contributed by atoms with Crippen molar-refractivity contribution in [3.8, 4) is 0 Å². The highest BCUT2D eigenvalue weighted by molar-refractivity contribution is 7.10. The number of thiophene rings is 1. The quantitative estimate of drug-likeness (QED) is 0.801. The number of aromatic carboxylic acids is 1. The molecule has 1 N–H and O–H groups in total. The maximum Gasteiger partial charge on any atom is 0.335 e. The third kappa shape index (κ3) is 2.18. The van der Waals surface area contributed by atoms with E-state index in [9.17, 15) is 4.79 Å². The van der Waals surface area contributed by atoms with E-state index < -0.39 is 5.97 Å². The van der Waals surface area contributed by atoms with Gasteiger partial charge in [-0.05, 0) is 41.6 Å². The summed E-state index contributed by atoms with van der Waals surface area (Å²) >= 11 is 1.69. The first-order chi connectivity index (χ1) is 9.69. The third-order valence-electron chi connectivity index (χ3n) is 3.27. The number of carbonyl (C=O) groups is 1. The summed E-state index contributed by atoms with van der Waals surface area (Å²) in [6, 6.07) is 6.97. The molecule has 1 aromatic carbocycles. The van der Waals surface area contributed by atoms with Crippen molar-refractivity contribution in [1.29, 1.82) is 0 Å². The Hall–Kier alpha value is -2.21. The van der Waals surface area contributed by atoms with Gasteiger partial charge in [0, 0.05) is 4.88 Å². The van der Waals surface area contributed by atoms with Gasteiger partial charge in [0.1, 0.15) is 5.52 Å². The molecular formula is C14H13N3O2S. The van der Waals surface area contributed by atoms with Gasteiger partial charge in [-0.3, -0.25) is 0 Å². The summed E-state index contributed by atoms with van der Waals surface area (Å²) in [4.78, 5) is 12.3. The second kappa shape index (κ2) is 5.05. The molecule has 3 rings (SSSR count). The molecule has 2 aromatic heterocycles. The van der Waals surface area contributed by atoms with E-state index >= 15 is 0 Å². The van der Waals surface area contributed by atoms with Gasteiger partial charge < -0.3 is 5.11 Å². The first kappa shape index (κ1) is 12.8. The third-order valence-corrected chi connectivity index (χ3v) is 4.22. The van der Waals surface area contributed by atoms with E-state index in [0.29, 0.717) is 12.1 Å². The van der Waals surface area contributed by atoms with Crippen molar-refractivity contribution in [3.63, 3.8) is 0 Å². The van der Waals surface area contributed by atoms with Crippen molar-refractivity contribution in [1.82, 2.24) is 15.0 Å². The van der Waals surface area contributed by atoms with Crippen LogP contribution in [0.5, 0.6) is 0 Å².